The van der Waals surface area contributed by atoms with Crippen LogP contribution in [-0.2, 0) is 10.8 Å². The van der Waals surface area contributed by atoms with Gasteiger partial charge in [-0.15, -0.1) is 0 Å². The fourth-order valence-corrected chi connectivity index (χ4v) is 3.09. The molecular formula is C12H18N2OS. The van der Waals surface area contributed by atoms with Crippen LogP contribution in [0.5, 0.6) is 0 Å². The molecule has 1 heterocycles. The van der Waals surface area contributed by atoms with Gasteiger partial charge in [0.1, 0.15) is 0 Å². The highest BCUT2D eigenvalue weighted by Crippen LogP contribution is 2.25. The Hall–Kier alpha value is -0.870. The molecule has 0 aromatic heterocycles. The third kappa shape index (κ3) is 2.44. The Labute approximate surface area is 99.1 Å². The standard InChI is InChI=1S/C12H18N2OS/c1-10(13)11-4-2-3-5-12(11)14-6-8-16(15)9-7-14/h2-5,10H,6-9,13H2,1H3/t10-/m1/s1. The number of hydrogen-bond donors (Lipinski definition) is 1. The lowest BCUT2D eigenvalue weighted by Crippen LogP contribution is -2.38. The van der Waals surface area contributed by atoms with Crippen molar-refractivity contribution in [3.05, 3.63) is 29.8 Å². The summed E-state index contributed by atoms with van der Waals surface area (Å²) >= 11 is 0. The van der Waals surface area contributed by atoms with Crippen molar-refractivity contribution in [1.29, 1.82) is 0 Å². The highest BCUT2D eigenvalue weighted by Gasteiger charge is 2.18. The zero-order valence-corrected chi connectivity index (χ0v) is 10.4. The zero-order chi connectivity index (χ0) is 11.5. The Kier molecular flexibility index (Phi) is 3.61. The number of para-hydroxylation sites is 1. The summed E-state index contributed by atoms with van der Waals surface area (Å²) in [6.07, 6.45) is 0. The predicted octanol–water partition coefficient (Wildman–Crippen LogP) is 1.28. The van der Waals surface area contributed by atoms with Gasteiger partial charge >= 0.3 is 0 Å². The molecule has 0 radical (unpaired) electrons. The average Bonchev–Trinajstić information content (AvgIpc) is 2.30. The quantitative estimate of drug-likeness (QED) is 0.844. The molecule has 3 nitrogen and oxygen atoms in total. The number of anilines is 1. The van der Waals surface area contributed by atoms with E-state index >= 15 is 0 Å². The molecule has 0 spiro atoms. The van der Waals surface area contributed by atoms with Gasteiger partial charge in [0.05, 0.1) is 0 Å². The van der Waals surface area contributed by atoms with E-state index in [4.69, 9.17) is 5.73 Å². The van der Waals surface area contributed by atoms with E-state index in [0.29, 0.717) is 0 Å². The van der Waals surface area contributed by atoms with Crippen LogP contribution in [0.15, 0.2) is 24.3 Å². The molecule has 1 atom stereocenters. The molecule has 1 saturated heterocycles. The minimum atomic E-state index is -0.625. The maximum absolute atomic E-state index is 11.3. The van der Waals surface area contributed by atoms with E-state index in [-0.39, 0.29) is 6.04 Å². The van der Waals surface area contributed by atoms with Crippen molar-refractivity contribution >= 4 is 16.5 Å². The molecule has 16 heavy (non-hydrogen) atoms. The van der Waals surface area contributed by atoms with Crippen LogP contribution in [0.25, 0.3) is 0 Å². The van der Waals surface area contributed by atoms with E-state index in [9.17, 15) is 4.21 Å². The van der Waals surface area contributed by atoms with E-state index < -0.39 is 10.8 Å². The zero-order valence-electron chi connectivity index (χ0n) is 9.56. The van der Waals surface area contributed by atoms with Crippen molar-refractivity contribution < 1.29 is 4.21 Å². The fourth-order valence-electron chi connectivity index (χ4n) is 2.04. The van der Waals surface area contributed by atoms with Crippen molar-refractivity contribution in [3.63, 3.8) is 0 Å². The van der Waals surface area contributed by atoms with Crippen molar-refractivity contribution in [2.45, 2.75) is 13.0 Å². The second-order valence-electron chi connectivity index (χ2n) is 4.18. The van der Waals surface area contributed by atoms with Crippen molar-refractivity contribution in [2.75, 3.05) is 29.5 Å². The fraction of sp³-hybridized carbons (Fsp3) is 0.500. The van der Waals surface area contributed by atoms with E-state index in [1.165, 1.54) is 11.3 Å². The minimum absolute atomic E-state index is 0.0450. The minimum Gasteiger partial charge on any atom is -0.369 e. The molecular weight excluding hydrogens is 220 g/mol. The summed E-state index contributed by atoms with van der Waals surface area (Å²) in [7, 11) is -0.625. The first-order valence-corrected chi connectivity index (χ1v) is 7.11. The highest BCUT2D eigenvalue weighted by atomic mass is 32.2. The molecule has 1 fully saturated rings. The summed E-state index contributed by atoms with van der Waals surface area (Å²) in [5.74, 6) is 1.54. The molecule has 0 bridgehead atoms. The van der Waals surface area contributed by atoms with Gasteiger partial charge in [0.15, 0.2) is 0 Å². The number of nitrogens with zero attached hydrogens (tertiary/aromatic N) is 1. The number of benzene rings is 1. The van der Waals surface area contributed by atoms with Crippen LogP contribution >= 0.6 is 0 Å². The predicted molar refractivity (Wildman–Crippen MR) is 69.1 cm³/mol. The Morgan fingerprint density at radius 2 is 1.94 bits per heavy atom. The van der Waals surface area contributed by atoms with Crippen LogP contribution in [0.2, 0.25) is 0 Å². The first-order chi connectivity index (χ1) is 7.68. The maximum Gasteiger partial charge on any atom is 0.0415 e. The molecule has 88 valence electrons. The molecule has 2 rings (SSSR count). The summed E-state index contributed by atoms with van der Waals surface area (Å²) in [5.41, 5.74) is 8.34. The van der Waals surface area contributed by atoms with Gasteiger partial charge in [-0.25, -0.2) is 0 Å². The van der Waals surface area contributed by atoms with Crippen LogP contribution < -0.4 is 10.6 Å². The third-order valence-electron chi connectivity index (χ3n) is 2.95. The maximum atomic E-state index is 11.3. The third-order valence-corrected chi connectivity index (χ3v) is 4.22. The summed E-state index contributed by atoms with van der Waals surface area (Å²) in [6, 6.07) is 8.28. The van der Waals surface area contributed by atoms with Gasteiger partial charge in [0.25, 0.3) is 0 Å². The monoisotopic (exact) mass is 238 g/mol. The molecule has 1 aliphatic rings. The van der Waals surface area contributed by atoms with Gasteiger partial charge in [0, 0.05) is 47.1 Å². The van der Waals surface area contributed by atoms with E-state index in [1.54, 1.807) is 0 Å². The van der Waals surface area contributed by atoms with Gasteiger partial charge in [-0.1, -0.05) is 18.2 Å². The number of rotatable bonds is 2. The molecule has 0 amide bonds. The number of hydrogen-bond acceptors (Lipinski definition) is 3. The van der Waals surface area contributed by atoms with Gasteiger partial charge in [-0.3, -0.25) is 4.21 Å². The normalized spacial score (nSPS) is 19.8. The summed E-state index contributed by atoms with van der Waals surface area (Å²) < 4.78 is 11.3. The van der Waals surface area contributed by atoms with E-state index in [0.717, 1.165) is 24.6 Å². The van der Waals surface area contributed by atoms with Gasteiger partial charge in [-0.2, -0.15) is 0 Å². The Morgan fingerprint density at radius 1 is 1.31 bits per heavy atom. The Morgan fingerprint density at radius 3 is 2.56 bits per heavy atom. The molecule has 4 heteroatoms. The van der Waals surface area contributed by atoms with Crippen LogP contribution in [-0.4, -0.2) is 28.8 Å². The Balaban J connectivity index is 2.23. The first kappa shape index (κ1) is 11.6. The van der Waals surface area contributed by atoms with Crippen LogP contribution in [0.1, 0.15) is 18.5 Å². The van der Waals surface area contributed by atoms with Gasteiger partial charge < -0.3 is 10.6 Å². The van der Waals surface area contributed by atoms with Crippen molar-refractivity contribution in [1.82, 2.24) is 0 Å². The topological polar surface area (TPSA) is 46.3 Å². The smallest absolute Gasteiger partial charge is 0.0415 e. The molecule has 1 aromatic carbocycles. The second-order valence-corrected chi connectivity index (χ2v) is 5.88. The summed E-state index contributed by atoms with van der Waals surface area (Å²) in [6.45, 7) is 3.74. The lowest BCUT2D eigenvalue weighted by atomic mass is 10.1. The van der Waals surface area contributed by atoms with Crippen LogP contribution in [0.3, 0.4) is 0 Å². The van der Waals surface area contributed by atoms with Gasteiger partial charge in [0.2, 0.25) is 0 Å². The van der Waals surface area contributed by atoms with Crippen molar-refractivity contribution in [3.8, 4) is 0 Å². The largest absolute Gasteiger partial charge is 0.369 e. The molecule has 1 aromatic rings. The van der Waals surface area contributed by atoms with E-state index in [2.05, 4.69) is 17.0 Å². The van der Waals surface area contributed by atoms with E-state index in [1.807, 2.05) is 19.1 Å². The second kappa shape index (κ2) is 4.97. The first-order valence-electron chi connectivity index (χ1n) is 5.63. The molecule has 1 aliphatic heterocycles. The number of nitrogens with two attached hydrogens (primary N) is 1. The molecule has 2 N–H and O–H groups in total. The van der Waals surface area contributed by atoms with Crippen molar-refractivity contribution in [2.24, 2.45) is 5.73 Å². The van der Waals surface area contributed by atoms with Crippen LogP contribution in [0, 0.1) is 0 Å². The summed E-state index contributed by atoms with van der Waals surface area (Å²) in [5, 5.41) is 0. The summed E-state index contributed by atoms with van der Waals surface area (Å²) in [4.78, 5) is 2.29. The Bertz CT molecular complexity index is 382. The lowest BCUT2D eigenvalue weighted by molar-refractivity contribution is 0.672. The molecule has 0 unspecified atom stereocenters. The van der Waals surface area contributed by atoms with Crippen LogP contribution in [0.4, 0.5) is 5.69 Å². The lowest BCUT2D eigenvalue weighted by Gasteiger charge is -2.31. The van der Waals surface area contributed by atoms with Gasteiger partial charge in [-0.05, 0) is 18.6 Å². The molecule has 0 saturated carbocycles. The SMILES string of the molecule is C[C@@H](N)c1ccccc1N1CCS(=O)CC1. The highest BCUT2D eigenvalue weighted by molar-refractivity contribution is 7.85. The average molecular weight is 238 g/mol. The molecule has 0 aliphatic carbocycles.